The molecule has 3 aliphatic rings. The summed E-state index contributed by atoms with van der Waals surface area (Å²) >= 11 is 0. The summed E-state index contributed by atoms with van der Waals surface area (Å²) in [4.78, 5) is 27.6. The molecule has 1 aromatic carbocycles. The molecule has 0 aromatic heterocycles. The number of ether oxygens (including phenoxy) is 3. The summed E-state index contributed by atoms with van der Waals surface area (Å²) < 4.78 is 16.1. The summed E-state index contributed by atoms with van der Waals surface area (Å²) in [5.41, 5.74) is 1.39. The van der Waals surface area contributed by atoms with Crippen molar-refractivity contribution < 1.29 is 23.8 Å². The molecule has 4 rings (SSSR count). The first-order valence-electron chi connectivity index (χ1n) is 9.04. The maximum atomic E-state index is 12.5. The van der Waals surface area contributed by atoms with Gasteiger partial charge >= 0.3 is 12.1 Å². The van der Waals surface area contributed by atoms with Crippen LogP contribution in [0.15, 0.2) is 24.3 Å². The lowest BCUT2D eigenvalue weighted by Gasteiger charge is -2.33. The number of anilines is 2. The first kappa shape index (κ1) is 17.1. The largest absolute Gasteiger partial charge is 0.447 e. The number of rotatable bonds is 3. The normalized spacial score (nSPS) is 21.9. The Morgan fingerprint density at radius 2 is 1.85 bits per heavy atom. The molecule has 3 amide bonds. The van der Waals surface area contributed by atoms with Crippen molar-refractivity contribution in [3.05, 3.63) is 24.3 Å². The molecular weight excluding hydrogens is 338 g/mol. The second kappa shape index (κ2) is 7.51. The molecule has 0 atom stereocenters. The average molecular weight is 361 g/mol. The Kier molecular flexibility index (Phi) is 4.94. The minimum absolute atomic E-state index is 0.114. The average Bonchev–Trinajstić information content (AvgIpc) is 3.34. The van der Waals surface area contributed by atoms with E-state index in [1.165, 1.54) is 0 Å². The third-order valence-corrected chi connectivity index (χ3v) is 5.03. The maximum absolute atomic E-state index is 12.5. The number of nitrogens with zero attached hydrogens (tertiary/aromatic N) is 2. The lowest BCUT2D eigenvalue weighted by Crippen LogP contribution is -2.43. The topological polar surface area (TPSA) is 80.3 Å². The molecule has 0 bridgehead atoms. The van der Waals surface area contributed by atoms with Gasteiger partial charge in [-0.3, -0.25) is 4.90 Å². The van der Waals surface area contributed by atoms with E-state index in [-0.39, 0.29) is 18.4 Å². The molecular formula is C18H23N3O5. The summed E-state index contributed by atoms with van der Waals surface area (Å²) in [6.45, 7) is 3.59. The van der Waals surface area contributed by atoms with Gasteiger partial charge in [-0.05, 0) is 31.0 Å². The quantitative estimate of drug-likeness (QED) is 0.893. The van der Waals surface area contributed by atoms with Crippen LogP contribution in [0, 0.1) is 5.92 Å². The van der Waals surface area contributed by atoms with Crippen LogP contribution in [0.1, 0.15) is 12.8 Å². The third kappa shape index (κ3) is 3.61. The van der Waals surface area contributed by atoms with Crippen molar-refractivity contribution in [2.45, 2.75) is 19.1 Å². The van der Waals surface area contributed by atoms with Gasteiger partial charge in [0.25, 0.3) is 0 Å². The zero-order chi connectivity index (χ0) is 17.9. The number of carbonyl (C=O) groups is 2. The van der Waals surface area contributed by atoms with E-state index in [4.69, 9.17) is 14.2 Å². The second-order valence-electron chi connectivity index (χ2n) is 6.68. The number of likely N-dealkylation sites (tertiary alicyclic amines) is 1. The smallest absolute Gasteiger partial charge is 0.414 e. The van der Waals surface area contributed by atoms with Gasteiger partial charge in [-0.1, -0.05) is 6.07 Å². The van der Waals surface area contributed by atoms with E-state index >= 15 is 0 Å². The molecule has 0 radical (unpaired) electrons. The van der Waals surface area contributed by atoms with Crippen molar-refractivity contribution in [3.8, 4) is 0 Å². The van der Waals surface area contributed by atoms with Gasteiger partial charge in [0, 0.05) is 30.4 Å². The number of hydrogen-bond donors (Lipinski definition) is 1. The summed E-state index contributed by atoms with van der Waals surface area (Å²) in [6, 6.07) is 7.12. The van der Waals surface area contributed by atoms with E-state index in [0.717, 1.165) is 18.5 Å². The van der Waals surface area contributed by atoms with Crippen LogP contribution in [0.3, 0.4) is 0 Å². The van der Waals surface area contributed by atoms with Crippen LogP contribution in [0.2, 0.25) is 0 Å². The summed E-state index contributed by atoms with van der Waals surface area (Å²) in [6.07, 6.45) is 1.28. The van der Waals surface area contributed by atoms with Gasteiger partial charge in [0.1, 0.15) is 6.61 Å². The zero-order valence-corrected chi connectivity index (χ0v) is 14.6. The van der Waals surface area contributed by atoms with E-state index in [2.05, 4.69) is 5.32 Å². The van der Waals surface area contributed by atoms with E-state index in [1.807, 2.05) is 23.1 Å². The van der Waals surface area contributed by atoms with Crippen molar-refractivity contribution in [1.82, 2.24) is 4.90 Å². The lowest BCUT2D eigenvalue weighted by atomic mass is 9.96. The minimum Gasteiger partial charge on any atom is -0.447 e. The molecule has 8 heteroatoms. The predicted octanol–water partition coefficient (Wildman–Crippen LogP) is 2.26. The van der Waals surface area contributed by atoms with E-state index in [9.17, 15) is 9.59 Å². The molecule has 0 unspecified atom stereocenters. The molecule has 8 nitrogen and oxygen atoms in total. The number of carbonyl (C=O) groups excluding carboxylic acids is 2. The Hall–Kier alpha value is -2.32. The molecule has 0 spiro atoms. The van der Waals surface area contributed by atoms with Crippen LogP contribution in [0.5, 0.6) is 0 Å². The first-order chi connectivity index (χ1) is 12.7. The van der Waals surface area contributed by atoms with Crippen molar-refractivity contribution >= 4 is 23.5 Å². The van der Waals surface area contributed by atoms with Crippen LogP contribution in [-0.2, 0) is 14.2 Å². The third-order valence-electron chi connectivity index (χ3n) is 5.03. The fourth-order valence-corrected chi connectivity index (χ4v) is 3.61. The van der Waals surface area contributed by atoms with Gasteiger partial charge in [-0.25, -0.2) is 9.59 Å². The number of piperidine rings is 1. The minimum atomic E-state index is -0.355. The van der Waals surface area contributed by atoms with E-state index < -0.39 is 0 Å². The number of nitrogens with one attached hydrogen (secondary N) is 1. The first-order valence-corrected chi connectivity index (χ1v) is 9.04. The molecule has 1 N–H and O–H groups in total. The summed E-state index contributed by atoms with van der Waals surface area (Å²) in [5, 5.41) is 2.92. The highest BCUT2D eigenvalue weighted by molar-refractivity contribution is 5.93. The molecule has 140 valence electrons. The van der Waals surface area contributed by atoms with Gasteiger partial charge in [-0.2, -0.15) is 0 Å². The van der Waals surface area contributed by atoms with Crippen LogP contribution in [0.25, 0.3) is 0 Å². The fraction of sp³-hybridized carbons (Fsp3) is 0.556. The van der Waals surface area contributed by atoms with Crippen LogP contribution in [-0.4, -0.2) is 62.8 Å². The van der Waals surface area contributed by atoms with E-state index in [0.29, 0.717) is 51.1 Å². The highest BCUT2D eigenvalue weighted by atomic mass is 16.7. The Balaban J connectivity index is 1.33. The zero-order valence-electron chi connectivity index (χ0n) is 14.6. The predicted molar refractivity (Wildman–Crippen MR) is 94.1 cm³/mol. The van der Waals surface area contributed by atoms with Crippen molar-refractivity contribution in [3.63, 3.8) is 0 Å². The molecule has 3 saturated heterocycles. The molecule has 3 aliphatic heterocycles. The molecule has 3 heterocycles. The van der Waals surface area contributed by atoms with Gasteiger partial charge in [0.2, 0.25) is 0 Å². The van der Waals surface area contributed by atoms with Gasteiger partial charge in [-0.15, -0.1) is 0 Å². The Bertz CT molecular complexity index is 669. The number of cyclic esters (lactones) is 1. The maximum Gasteiger partial charge on any atom is 0.414 e. The van der Waals surface area contributed by atoms with E-state index in [1.54, 1.807) is 11.0 Å². The second-order valence-corrected chi connectivity index (χ2v) is 6.68. The fourth-order valence-electron chi connectivity index (χ4n) is 3.61. The molecule has 0 aliphatic carbocycles. The summed E-state index contributed by atoms with van der Waals surface area (Å²) in [7, 11) is 0. The SMILES string of the molecule is O=C(Nc1cccc(N2CCOC2=O)c1)N1CCC(C2OCCO2)CC1. The molecule has 0 saturated carbocycles. The lowest BCUT2D eigenvalue weighted by molar-refractivity contribution is -0.0950. The molecule has 3 fully saturated rings. The van der Waals surface area contributed by atoms with Gasteiger partial charge in [0.05, 0.1) is 19.8 Å². The van der Waals surface area contributed by atoms with Crippen LogP contribution < -0.4 is 10.2 Å². The standard InChI is InChI=1S/C18H23N3O5/c22-17(20-6-4-13(5-7-20)16-24-10-11-25-16)19-14-2-1-3-15(12-14)21-8-9-26-18(21)23/h1-3,12-13,16H,4-11H2,(H,19,22). The van der Waals surface area contributed by atoms with Gasteiger partial charge in [0.15, 0.2) is 6.29 Å². The highest BCUT2D eigenvalue weighted by Crippen LogP contribution is 2.27. The Morgan fingerprint density at radius 3 is 2.54 bits per heavy atom. The number of hydrogen-bond acceptors (Lipinski definition) is 5. The van der Waals surface area contributed by atoms with Crippen molar-refractivity contribution in [2.75, 3.05) is 49.7 Å². The Labute approximate surface area is 152 Å². The summed E-state index contributed by atoms with van der Waals surface area (Å²) in [5.74, 6) is 0.353. The van der Waals surface area contributed by atoms with Crippen molar-refractivity contribution in [1.29, 1.82) is 0 Å². The number of benzene rings is 1. The molecule has 1 aromatic rings. The highest BCUT2D eigenvalue weighted by Gasteiger charge is 2.32. The Morgan fingerprint density at radius 1 is 1.08 bits per heavy atom. The van der Waals surface area contributed by atoms with Crippen molar-refractivity contribution in [2.24, 2.45) is 5.92 Å². The van der Waals surface area contributed by atoms with Crippen LogP contribution in [0.4, 0.5) is 21.0 Å². The van der Waals surface area contributed by atoms with Crippen LogP contribution >= 0.6 is 0 Å². The van der Waals surface area contributed by atoms with Gasteiger partial charge < -0.3 is 24.4 Å². The monoisotopic (exact) mass is 361 g/mol. The number of amides is 3. The number of urea groups is 1. The molecule has 26 heavy (non-hydrogen) atoms.